The molecule has 0 aliphatic carbocycles. The number of H-pyrrole nitrogens is 1. The normalized spacial score (nSPS) is 9.94. The Morgan fingerprint density at radius 2 is 2.41 bits per heavy atom. The quantitative estimate of drug-likeness (QED) is 0.698. The van der Waals surface area contributed by atoms with Gasteiger partial charge in [0.2, 0.25) is 5.95 Å². The number of hydrogen-bond acceptors (Lipinski definition) is 6. The molecule has 3 N–H and O–H groups in total. The van der Waals surface area contributed by atoms with Crippen LogP contribution in [0.4, 0.5) is 5.95 Å². The van der Waals surface area contributed by atoms with Gasteiger partial charge in [0.15, 0.2) is 5.69 Å². The maximum Gasteiger partial charge on any atom is 0.336 e. The van der Waals surface area contributed by atoms with Gasteiger partial charge in [-0.15, -0.1) is 5.10 Å². The predicted octanol–water partition coefficient (Wildman–Crippen LogP) is 0.166. The summed E-state index contributed by atoms with van der Waals surface area (Å²) < 4.78 is 4.74. The Kier molecular flexibility index (Phi) is 2.86. The highest BCUT2D eigenvalue weighted by Crippen LogP contribution is 2.14. The van der Waals surface area contributed by atoms with Gasteiger partial charge in [-0.3, -0.25) is 10.1 Å². The van der Waals surface area contributed by atoms with Gasteiger partial charge >= 0.3 is 6.01 Å². The number of anilines is 1. The van der Waals surface area contributed by atoms with Crippen molar-refractivity contribution in [1.82, 2.24) is 20.2 Å². The summed E-state index contributed by atoms with van der Waals surface area (Å²) in [6, 6.07) is 2.98. The third-order valence-electron chi connectivity index (χ3n) is 1.88. The fourth-order valence-corrected chi connectivity index (χ4v) is 1.13. The number of rotatable bonds is 3. The van der Waals surface area contributed by atoms with Crippen LogP contribution in [0.25, 0.3) is 0 Å². The fraction of sp³-hybridized carbons (Fsp3) is 0.111. The number of hydrogen-bond donors (Lipinski definition) is 3. The van der Waals surface area contributed by atoms with Crippen LogP contribution in [0.1, 0.15) is 10.5 Å². The predicted molar refractivity (Wildman–Crippen MR) is 56.8 cm³/mol. The Morgan fingerprint density at radius 3 is 3.06 bits per heavy atom. The van der Waals surface area contributed by atoms with Crippen LogP contribution >= 0.6 is 0 Å². The van der Waals surface area contributed by atoms with E-state index >= 15 is 0 Å². The molecular weight excluding hydrogens is 226 g/mol. The first-order chi connectivity index (χ1) is 8.20. The van der Waals surface area contributed by atoms with E-state index < -0.39 is 5.91 Å². The van der Waals surface area contributed by atoms with Gasteiger partial charge in [0.1, 0.15) is 5.75 Å². The first-order valence-electron chi connectivity index (χ1n) is 4.62. The molecule has 8 heteroatoms. The number of aromatic hydroxyl groups is 1. The van der Waals surface area contributed by atoms with Crippen molar-refractivity contribution in [2.45, 2.75) is 0 Å². The average molecular weight is 235 g/mol. The first-order valence-corrected chi connectivity index (χ1v) is 4.62. The van der Waals surface area contributed by atoms with Crippen LogP contribution < -0.4 is 10.1 Å². The highest BCUT2D eigenvalue weighted by atomic mass is 16.5. The van der Waals surface area contributed by atoms with Gasteiger partial charge in [0.25, 0.3) is 5.91 Å². The molecule has 0 aliphatic rings. The van der Waals surface area contributed by atoms with E-state index in [9.17, 15) is 9.90 Å². The van der Waals surface area contributed by atoms with Crippen LogP contribution in [0, 0.1) is 0 Å². The van der Waals surface area contributed by atoms with Gasteiger partial charge in [0, 0.05) is 6.20 Å². The number of methoxy groups -OCH3 is 1. The SMILES string of the molecule is COc1n[nH]c(NC(=O)c2ncccc2O)n1. The Bertz CT molecular complexity index is 539. The second-order valence-electron chi connectivity index (χ2n) is 3.00. The van der Waals surface area contributed by atoms with Gasteiger partial charge in [-0.05, 0) is 12.1 Å². The molecule has 2 aromatic rings. The van der Waals surface area contributed by atoms with E-state index in [1.807, 2.05) is 0 Å². The van der Waals surface area contributed by atoms with E-state index in [0.717, 1.165) is 0 Å². The molecule has 0 aliphatic heterocycles. The van der Waals surface area contributed by atoms with E-state index in [1.165, 1.54) is 25.4 Å². The number of ether oxygens (including phenoxy) is 1. The van der Waals surface area contributed by atoms with Crippen molar-refractivity contribution >= 4 is 11.9 Å². The van der Waals surface area contributed by atoms with Crippen LogP contribution in [0.2, 0.25) is 0 Å². The lowest BCUT2D eigenvalue weighted by molar-refractivity contribution is 0.101. The van der Waals surface area contributed by atoms with Crippen molar-refractivity contribution in [3.05, 3.63) is 24.0 Å². The van der Waals surface area contributed by atoms with Crippen LogP contribution in [0.15, 0.2) is 18.3 Å². The summed E-state index contributed by atoms with van der Waals surface area (Å²) in [6.07, 6.45) is 1.40. The van der Waals surface area contributed by atoms with Crippen LogP contribution in [-0.2, 0) is 0 Å². The number of carbonyl (C=O) groups is 1. The summed E-state index contributed by atoms with van der Waals surface area (Å²) in [6.45, 7) is 0. The minimum Gasteiger partial charge on any atom is -0.505 e. The van der Waals surface area contributed by atoms with E-state index in [4.69, 9.17) is 4.74 Å². The molecule has 0 bridgehead atoms. The standard InChI is InChI=1S/C9H9N5O3/c1-17-9-12-8(13-14-9)11-7(16)6-5(15)3-2-4-10-6/h2-4,15H,1H3,(H2,11,12,13,14,16). The zero-order valence-corrected chi connectivity index (χ0v) is 8.84. The van der Waals surface area contributed by atoms with E-state index in [2.05, 4.69) is 25.5 Å². The molecule has 1 amide bonds. The van der Waals surface area contributed by atoms with Crippen molar-refractivity contribution in [2.75, 3.05) is 12.4 Å². The number of aromatic nitrogens is 4. The molecule has 0 aromatic carbocycles. The molecule has 2 rings (SSSR count). The maximum atomic E-state index is 11.7. The lowest BCUT2D eigenvalue weighted by Gasteiger charge is -2.01. The Labute approximate surface area is 95.7 Å². The number of amides is 1. The second-order valence-corrected chi connectivity index (χ2v) is 3.00. The molecule has 17 heavy (non-hydrogen) atoms. The number of nitrogens with zero attached hydrogens (tertiary/aromatic N) is 3. The summed E-state index contributed by atoms with van der Waals surface area (Å²) in [5.74, 6) is -0.699. The Morgan fingerprint density at radius 1 is 1.59 bits per heavy atom. The second kappa shape index (κ2) is 4.47. The van der Waals surface area contributed by atoms with Gasteiger partial charge in [-0.1, -0.05) is 0 Å². The molecular formula is C9H9N5O3. The molecule has 2 heterocycles. The lowest BCUT2D eigenvalue weighted by Crippen LogP contribution is -2.14. The lowest BCUT2D eigenvalue weighted by atomic mass is 10.3. The minimum atomic E-state index is -0.595. The summed E-state index contributed by atoms with van der Waals surface area (Å²) in [5, 5.41) is 17.9. The number of pyridine rings is 1. The van der Waals surface area contributed by atoms with Crippen molar-refractivity contribution < 1.29 is 14.6 Å². The van der Waals surface area contributed by atoms with E-state index in [1.54, 1.807) is 0 Å². The molecule has 8 nitrogen and oxygen atoms in total. The zero-order valence-electron chi connectivity index (χ0n) is 8.84. The monoisotopic (exact) mass is 235 g/mol. The molecule has 0 fully saturated rings. The van der Waals surface area contributed by atoms with Gasteiger partial charge in [-0.25, -0.2) is 10.1 Å². The molecule has 0 radical (unpaired) electrons. The summed E-state index contributed by atoms with van der Waals surface area (Å²) in [4.78, 5) is 19.2. The summed E-state index contributed by atoms with van der Waals surface area (Å²) in [5.41, 5.74) is -0.0946. The summed E-state index contributed by atoms with van der Waals surface area (Å²) >= 11 is 0. The smallest absolute Gasteiger partial charge is 0.336 e. The van der Waals surface area contributed by atoms with Crippen molar-refractivity contribution in [2.24, 2.45) is 0 Å². The van der Waals surface area contributed by atoms with E-state index in [-0.39, 0.29) is 23.4 Å². The highest BCUT2D eigenvalue weighted by Gasteiger charge is 2.14. The van der Waals surface area contributed by atoms with Crippen LogP contribution in [-0.4, -0.2) is 38.3 Å². The Hall–Kier alpha value is -2.64. The third kappa shape index (κ3) is 2.30. The van der Waals surface area contributed by atoms with Crippen LogP contribution in [0.5, 0.6) is 11.8 Å². The summed E-state index contributed by atoms with van der Waals surface area (Å²) in [7, 11) is 1.40. The molecule has 0 saturated carbocycles. The molecule has 2 aromatic heterocycles. The van der Waals surface area contributed by atoms with Crippen LogP contribution in [0.3, 0.4) is 0 Å². The molecule has 88 valence electrons. The Balaban J connectivity index is 2.14. The number of nitrogens with one attached hydrogen (secondary N) is 2. The minimum absolute atomic E-state index is 0.0946. The fourth-order valence-electron chi connectivity index (χ4n) is 1.13. The van der Waals surface area contributed by atoms with Gasteiger partial charge in [-0.2, -0.15) is 4.98 Å². The van der Waals surface area contributed by atoms with Crippen molar-refractivity contribution in [1.29, 1.82) is 0 Å². The largest absolute Gasteiger partial charge is 0.505 e. The highest BCUT2D eigenvalue weighted by molar-refractivity contribution is 6.03. The average Bonchev–Trinajstić information content (AvgIpc) is 2.77. The molecule has 0 saturated heterocycles. The topological polar surface area (TPSA) is 113 Å². The number of carbonyl (C=O) groups excluding carboxylic acids is 1. The molecule has 0 atom stereocenters. The van der Waals surface area contributed by atoms with Gasteiger partial charge in [0.05, 0.1) is 7.11 Å². The maximum absolute atomic E-state index is 11.7. The third-order valence-corrected chi connectivity index (χ3v) is 1.88. The first kappa shape index (κ1) is 10.9. The van der Waals surface area contributed by atoms with Gasteiger partial charge < -0.3 is 9.84 Å². The number of aromatic amines is 1. The molecule has 0 unspecified atom stereocenters. The van der Waals surface area contributed by atoms with Crippen molar-refractivity contribution in [3.63, 3.8) is 0 Å². The van der Waals surface area contributed by atoms with E-state index in [0.29, 0.717) is 0 Å². The van der Waals surface area contributed by atoms with Crippen molar-refractivity contribution in [3.8, 4) is 11.8 Å². The molecule has 0 spiro atoms. The zero-order chi connectivity index (χ0) is 12.3.